The van der Waals surface area contributed by atoms with Crippen molar-refractivity contribution in [3.05, 3.63) is 35.9 Å². The summed E-state index contributed by atoms with van der Waals surface area (Å²) in [6, 6.07) is 10.3. The SMILES string of the molecule is CC(CO)(CO)CNCCc1ccccc1. The third-order valence-electron chi connectivity index (χ3n) is 2.75. The Labute approximate surface area is 97.1 Å². The molecular formula is C13H21NO2. The topological polar surface area (TPSA) is 52.5 Å². The van der Waals surface area contributed by atoms with Crippen LogP contribution in [0.3, 0.4) is 0 Å². The van der Waals surface area contributed by atoms with E-state index < -0.39 is 5.41 Å². The van der Waals surface area contributed by atoms with Gasteiger partial charge in [0, 0.05) is 12.0 Å². The average Bonchev–Trinajstić information content (AvgIpc) is 2.36. The Morgan fingerprint density at radius 3 is 2.31 bits per heavy atom. The predicted molar refractivity (Wildman–Crippen MR) is 65.3 cm³/mol. The summed E-state index contributed by atoms with van der Waals surface area (Å²) in [5.41, 5.74) is 0.876. The minimum Gasteiger partial charge on any atom is -0.396 e. The summed E-state index contributed by atoms with van der Waals surface area (Å²) in [6.45, 7) is 3.36. The number of hydrogen-bond acceptors (Lipinski definition) is 3. The number of aliphatic hydroxyl groups excluding tert-OH is 2. The second kappa shape index (κ2) is 6.63. The first kappa shape index (κ1) is 13.2. The second-order valence-electron chi connectivity index (χ2n) is 4.54. The van der Waals surface area contributed by atoms with E-state index in [4.69, 9.17) is 10.2 Å². The van der Waals surface area contributed by atoms with Gasteiger partial charge in [-0.2, -0.15) is 0 Å². The zero-order valence-electron chi connectivity index (χ0n) is 9.82. The maximum absolute atomic E-state index is 9.10. The molecular weight excluding hydrogens is 202 g/mol. The Morgan fingerprint density at radius 1 is 1.12 bits per heavy atom. The van der Waals surface area contributed by atoms with Crippen molar-refractivity contribution >= 4 is 0 Å². The molecule has 0 spiro atoms. The molecule has 3 heteroatoms. The molecule has 0 aliphatic rings. The van der Waals surface area contributed by atoms with E-state index in [0.717, 1.165) is 13.0 Å². The molecule has 90 valence electrons. The molecule has 0 fully saturated rings. The molecule has 0 aliphatic heterocycles. The highest BCUT2D eigenvalue weighted by atomic mass is 16.3. The van der Waals surface area contributed by atoms with Crippen molar-refractivity contribution in [3.63, 3.8) is 0 Å². The average molecular weight is 223 g/mol. The molecule has 0 atom stereocenters. The van der Waals surface area contributed by atoms with E-state index in [1.54, 1.807) is 0 Å². The minimum absolute atomic E-state index is 0.00182. The van der Waals surface area contributed by atoms with E-state index in [9.17, 15) is 0 Å². The smallest absolute Gasteiger partial charge is 0.0518 e. The molecule has 16 heavy (non-hydrogen) atoms. The highest BCUT2D eigenvalue weighted by molar-refractivity contribution is 5.14. The minimum atomic E-state index is -0.420. The van der Waals surface area contributed by atoms with Gasteiger partial charge in [-0.05, 0) is 18.5 Å². The number of rotatable bonds is 7. The first-order valence-corrected chi connectivity index (χ1v) is 5.66. The van der Waals surface area contributed by atoms with E-state index in [1.165, 1.54) is 5.56 Å². The predicted octanol–water partition coefficient (Wildman–Crippen LogP) is 0.810. The van der Waals surface area contributed by atoms with Crippen LogP contribution in [0.4, 0.5) is 0 Å². The fourth-order valence-corrected chi connectivity index (χ4v) is 1.43. The first-order chi connectivity index (χ1) is 7.70. The number of aliphatic hydroxyl groups is 2. The molecule has 1 rings (SSSR count). The fraction of sp³-hybridized carbons (Fsp3) is 0.538. The van der Waals surface area contributed by atoms with Gasteiger partial charge in [-0.3, -0.25) is 0 Å². The van der Waals surface area contributed by atoms with Crippen molar-refractivity contribution in [1.29, 1.82) is 0 Å². The Kier molecular flexibility index (Phi) is 5.46. The highest BCUT2D eigenvalue weighted by Crippen LogP contribution is 2.11. The van der Waals surface area contributed by atoms with Gasteiger partial charge in [0.05, 0.1) is 13.2 Å². The molecule has 0 aromatic heterocycles. The quantitative estimate of drug-likeness (QED) is 0.600. The molecule has 0 radical (unpaired) electrons. The summed E-state index contributed by atoms with van der Waals surface area (Å²) in [6.07, 6.45) is 0.966. The van der Waals surface area contributed by atoms with Crippen LogP contribution in [0.15, 0.2) is 30.3 Å². The summed E-state index contributed by atoms with van der Waals surface area (Å²) >= 11 is 0. The van der Waals surface area contributed by atoms with Crippen LogP contribution in [0, 0.1) is 5.41 Å². The van der Waals surface area contributed by atoms with Crippen LogP contribution in [-0.4, -0.2) is 36.5 Å². The zero-order chi connectivity index (χ0) is 11.9. The monoisotopic (exact) mass is 223 g/mol. The van der Waals surface area contributed by atoms with Gasteiger partial charge in [-0.25, -0.2) is 0 Å². The van der Waals surface area contributed by atoms with Crippen LogP contribution in [0.2, 0.25) is 0 Å². The Morgan fingerprint density at radius 2 is 1.75 bits per heavy atom. The molecule has 0 aliphatic carbocycles. The van der Waals surface area contributed by atoms with Gasteiger partial charge in [-0.15, -0.1) is 0 Å². The van der Waals surface area contributed by atoms with E-state index in [0.29, 0.717) is 6.54 Å². The maximum Gasteiger partial charge on any atom is 0.0518 e. The van der Waals surface area contributed by atoms with Crippen molar-refractivity contribution in [1.82, 2.24) is 5.32 Å². The molecule has 0 saturated carbocycles. The van der Waals surface area contributed by atoms with Crippen LogP contribution in [0.25, 0.3) is 0 Å². The lowest BCUT2D eigenvalue weighted by Gasteiger charge is -2.24. The van der Waals surface area contributed by atoms with Crippen molar-refractivity contribution in [2.75, 3.05) is 26.3 Å². The van der Waals surface area contributed by atoms with Gasteiger partial charge >= 0.3 is 0 Å². The summed E-state index contributed by atoms with van der Waals surface area (Å²) in [7, 11) is 0. The molecule has 0 unspecified atom stereocenters. The molecule has 3 nitrogen and oxygen atoms in total. The molecule has 3 N–H and O–H groups in total. The van der Waals surface area contributed by atoms with Crippen molar-refractivity contribution in [3.8, 4) is 0 Å². The van der Waals surface area contributed by atoms with E-state index >= 15 is 0 Å². The lowest BCUT2D eigenvalue weighted by atomic mass is 9.93. The molecule has 1 aromatic rings. The molecule has 0 heterocycles. The molecule has 0 saturated heterocycles. The summed E-state index contributed by atoms with van der Waals surface area (Å²) in [5, 5.41) is 21.5. The van der Waals surface area contributed by atoms with Crippen LogP contribution >= 0.6 is 0 Å². The van der Waals surface area contributed by atoms with Crippen molar-refractivity contribution in [2.45, 2.75) is 13.3 Å². The fourth-order valence-electron chi connectivity index (χ4n) is 1.43. The maximum atomic E-state index is 9.10. The Balaban J connectivity index is 2.22. The second-order valence-corrected chi connectivity index (χ2v) is 4.54. The summed E-state index contributed by atoms with van der Waals surface area (Å²) in [5.74, 6) is 0. The summed E-state index contributed by atoms with van der Waals surface area (Å²) < 4.78 is 0. The van der Waals surface area contributed by atoms with Crippen LogP contribution in [0.5, 0.6) is 0 Å². The van der Waals surface area contributed by atoms with Gasteiger partial charge in [0.2, 0.25) is 0 Å². The Hall–Kier alpha value is -0.900. The normalized spacial score (nSPS) is 11.7. The first-order valence-electron chi connectivity index (χ1n) is 5.66. The number of benzene rings is 1. The van der Waals surface area contributed by atoms with Crippen molar-refractivity contribution in [2.24, 2.45) is 5.41 Å². The van der Waals surface area contributed by atoms with Gasteiger partial charge < -0.3 is 15.5 Å². The van der Waals surface area contributed by atoms with Crippen LogP contribution < -0.4 is 5.32 Å². The van der Waals surface area contributed by atoms with Crippen LogP contribution in [0.1, 0.15) is 12.5 Å². The third-order valence-corrected chi connectivity index (χ3v) is 2.75. The lowest BCUT2D eigenvalue weighted by molar-refractivity contribution is 0.0700. The standard InChI is InChI=1S/C13H21NO2/c1-13(10-15,11-16)9-14-8-7-12-5-3-2-4-6-12/h2-6,14-16H,7-11H2,1H3. The number of hydrogen-bond donors (Lipinski definition) is 3. The van der Waals surface area contributed by atoms with Crippen LogP contribution in [-0.2, 0) is 6.42 Å². The van der Waals surface area contributed by atoms with E-state index in [1.807, 2.05) is 25.1 Å². The Bertz CT molecular complexity index is 283. The molecule has 1 aromatic carbocycles. The van der Waals surface area contributed by atoms with Crippen molar-refractivity contribution < 1.29 is 10.2 Å². The van der Waals surface area contributed by atoms with Gasteiger partial charge in [0.25, 0.3) is 0 Å². The largest absolute Gasteiger partial charge is 0.396 e. The summed E-state index contributed by atoms with van der Waals surface area (Å²) in [4.78, 5) is 0. The van der Waals surface area contributed by atoms with E-state index in [-0.39, 0.29) is 13.2 Å². The zero-order valence-corrected chi connectivity index (χ0v) is 9.82. The lowest BCUT2D eigenvalue weighted by Crippen LogP contribution is -2.38. The van der Waals surface area contributed by atoms with Gasteiger partial charge in [0.15, 0.2) is 0 Å². The van der Waals surface area contributed by atoms with Gasteiger partial charge in [0.1, 0.15) is 0 Å². The van der Waals surface area contributed by atoms with E-state index in [2.05, 4.69) is 17.4 Å². The molecule has 0 bridgehead atoms. The number of nitrogens with one attached hydrogen (secondary N) is 1. The van der Waals surface area contributed by atoms with Gasteiger partial charge in [-0.1, -0.05) is 37.3 Å². The third kappa shape index (κ3) is 4.31. The highest BCUT2D eigenvalue weighted by Gasteiger charge is 2.21. The molecule has 0 amide bonds.